The second-order valence-electron chi connectivity index (χ2n) is 10.3. The van der Waals surface area contributed by atoms with Crippen LogP contribution >= 0.6 is 0 Å². The maximum atomic E-state index is 13.1. The Morgan fingerprint density at radius 2 is 1.67 bits per heavy atom. The minimum absolute atomic E-state index is 0.0833. The van der Waals surface area contributed by atoms with Crippen molar-refractivity contribution in [2.45, 2.75) is 46.2 Å². The van der Waals surface area contributed by atoms with E-state index >= 15 is 0 Å². The lowest BCUT2D eigenvalue weighted by Crippen LogP contribution is -2.42. The molecule has 3 aromatic rings. The summed E-state index contributed by atoms with van der Waals surface area (Å²) in [7, 11) is 1.46. The molecule has 0 aliphatic carbocycles. The molecule has 1 heterocycles. The number of aryl methyl sites for hydroxylation is 2. The van der Waals surface area contributed by atoms with Gasteiger partial charge in [-0.05, 0) is 49.7 Å². The van der Waals surface area contributed by atoms with Crippen molar-refractivity contribution in [3.63, 3.8) is 0 Å². The first-order valence-electron chi connectivity index (χ1n) is 12.4. The van der Waals surface area contributed by atoms with Gasteiger partial charge < -0.3 is 20.3 Å². The minimum Gasteiger partial charge on any atom is -0.383 e. The van der Waals surface area contributed by atoms with Gasteiger partial charge in [-0.25, -0.2) is 9.48 Å². The molecule has 210 valence electrons. The number of carbonyl (C=O) groups excluding carboxylic acids is 2. The lowest BCUT2D eigenvalue weighted by molar-refractivity contribution is -0.137. The van der Waals surface area contributed by atoms with E-state index in [1.807, 2.05) is 52.8 Å². The number of nitrogens with zero attached hydrogens (tertiary/aromatic N) is 3. The lowest BCUT2D eigenvalue weighted by atomic mass is 9.92. The van der Waals surface area contributed by atoms with Crippen LogP contribution in [0.25, 0.3) is 5.69 Å². The van der Waals surface area contributed by atoms with Crippen LogP contribution in [0.1, 0.15) is 43.2 Å². The molecule has 3 rings (SSSR count). The van der Waals surface area contributed by atoms with E-state index in [-0.39, 0.29) is 30.8 Å². The predicted octanol–water partition coefficient (Wildman–Crippen LogP) is 5.92. The van der Waals surface area contributed by atoms with Crippen molar-refractivity contribution < 1.29 is 27.5 Å². The van der Waals surface area contributed by atoms with Gasteiger partial charge in [-0.2, -0.15) is 18.3 Å². The molecule has 1 aromatic heterocycles. The van der Waals surface area contributed by atoms with Gasteiger partial charge in [0.15, 0.2) is 0 Å². The van der Waals surface area contributed by atoms with Gasteiger partial charge in [-0.15, -0.1) is 0 Å². The summed E-state index contributed by atoms with van der Waals surface area (Å²) in [5, 5.41) is 10.2. The SMILES string of the molecule is COCCN(CC(=O)Nc1cc(C(C)(C)C)nn1-c1ccc(C)cc1C)C(=O)Nc1ccc(C(F)(F)F)cc1. The molecule has 3 amide bonds. The Morgan fingerprint density at radius 3 is 2.23 bits per heavy atom. The van der Waals surface area contributed by atoms with Gasteiger partial charge in [0.2, 0.25) is 5.91 Å². The summed E-state index contributed by atoms with van der Waals surface area (Å²) >= 11 is 0. The highest BCUT2D eigenvalue weighted by atomic mass is 19.4. The van der Waals surface area contributed by atoms with Crippen molar-refractivity contribution in [2.75, 3.05) is 37.4 Å². The lowest BCUT2D eigenvalue weighted by Gasteiger charge is -2.22. The zero-order chi connectivity index (χ0) is 29.0. The van der Waals surface area contributed by atoms with Crippen LogP contribution in [-0.4, -0.2) is 53.4 Å². The minimum atomic E-state index is -4.48. The molecule has 0 radical (unpaired) electrons. The first-order valence-corrected chi connectivity index (χ1v) is 12.4. The fourth-order valence-electron chi connectivity index (χ4n) is 3.82. The van der Waals surface area contributed by atoms with Crippen LogP contribution in [0.15, 0.2) is 48.5 Å². The van der Waals surface area contributed by atoms with Crippen LogP contribution in [-0.2, 0) is 21.1 Å². The van der Waals surface area contributed by atoms with Gasteiger partial charge in [-0.3, -0.25) is 4.79 Å². The summed E-state index contributed by atoms with van der Waals surface area (Å²) in [5.41, 5.74) is 2.71. The molecule has 2 aromatic carbocycles. The van der Waals surface area contributed by atoms with Crippen LogP contribution in [0.4, 0.5) is 29.5 Å². The molecule has 2 N–H and O–H groups in total. The van der Waals surface area contributed by atoms with Crippen molar-refractivity contribution in [1.82, 2.24) is 14.7 Å². The van der Waals surface area contributed by atoms with E-state index in [4.69, 9.17) is 9.84 Å². The zero-order valence-electron chi connectivity index (χ0n) is 22.9. The Labute approximate surface area is 226 Å². The molecular weight excluding hydrogens is 511 g/mol. The van der Waals surface area contributed by atoms with Crippen LogP contribution in [0, 0.1) is 13.8 Å². The normalized spacial score (nSPS) is 11.8. The average Bonchev–Trinajstić information content (AvgIpc) is 3.25. The molecular formula is C28H34F3N5O3. The van der Waals surface area contributed by atoms with E-state index in [1.165, 1.54) is 12.0 Å². The van der Waals surface area contributed by atoms with Crippen molar-refractivity contribution in [2.24, 2.45) is 0 Å². The van der Waals surface area contributed by atoms with Gasteiger partial charge in [0.05, 0.1) is 23.6 Å². The number of nitrogens with one attached hydrogen (secondary N) is 2. The number of benzene rings is 2. The highest BCUT2D eigenvalue weighted by Gasteiger charge is 2.30. The van der Waals surface area contributed by atoms with Crippen LogP contribution in [0.5, 0.6) is 0 Å². The van der Waals surface area contributed by atoms with E-state index in [0.29, 0.717) is 5.82 Å². The van der Waals surface area contributed by atoms with Gasteiger partial charge in [0.25, 0.3) is 0 Å². The Bertz CT molecular complexity index is 1310. The number of hydrogen-bond donors (Lipinski definition) is 2. The Hall–Kier alpha value is -3.86. The molecule has 11 heteroatoms. The van der Waals surface area contributed by atoms with E-state index in [9.17, 15) is 22.8 Å². The molecule has 0 unspecified atom stereocenters. The number of hydrogen-bond acceptors (Lipinski definition) is 4. The highest BCUT2D eigenvalue weighted by Crippen LogP contribution is 2.30. The second-order valence-corrected chi connectivity index (χ2v) is 10.3. The summed E-state index contributed by atoms with van der Waals surface area (Å²) in [5.74, 6) is -0.0215. The fraction of sp³-hybridized carbons (Fsp3) is 0.393. The Kier molecular flexibility index (Phi) is 9.06. The summed E-state index contributed by atoms with van der Waals surface area (Å²) in [4.78, 5) is 27.3. The Morgan fingerprint density at radius 1 is 1.00 bits per heavy atom. The molecule has 0 fully saturated rings. The number of carbonyl (C=O) groups is 2. The summed E-state index contributed by atoms with van der Waals surface area (Å²) < 4.78 is 45.3. The third kappa shape index (κ3) is 7.82. The standard InChI is InChI=1S/C28H34F3N5O3/c1-18-7-12-22(19(2)15-18)36-24(16-23(34-36)27(3,4)5)33-25(37)17-35(13-14-39-6)26(38)32-21-10-8-20(9-11-21)28(29,30)31/h7-12,15-16H,13-14,17H2,1-6H3,(H,32,38)(H,33,37). The third-order valence-electron chi connectivity index (χ3n) is 5.98. The number of ether oxygens (including phenoxy) is 1. The third-order valence-corrected chi connectivity index (χ3v) is 5.98. The molecule has 0 saturated heterocycles. The highest BCUT2D eigenvalue weighted by molar-refractivity contribution is 5.96. The molecule has 39 heavy (non-hydrogen) atoms. The number of rotatable bonds is 8. The van der Waals surface area contributed by atoms with Crippen molar-refractivity contribution >= 4 is 23.4 Å². The molecule has 0 aliphatic heterocycles. The number of urea groups is 1. The maximum Gasteiger partial charge on any atom is 0.416 e. The van der Waals surface area contributed by atoms with Gasteiger partial charge in [0, 0.05) is 30.8 Å². The number of aromatic nitrogens is 2. The van der Waals surface area contributed by atoms with Gasteiger partial charge >= 0.3 is 12.2 Å². The molecule has 0 atom stereocenters. The fourth-order valence-corrected chi connectivity index (χ4v) is 3.82. The smallest absolute Gasteiger partial charge is 0.383 e. The Balaban J connectivity index is 1.81. The molecule has 8 nitrogen and oxygen atoms in total. The summed E-state index contributed by atoms with van der Waals surface area (Å²) in [6.07, 6.45) is -4.48. The second kappa shape index (κ2) is 11.9. The first kappa shape index (κ1) is 29.7. The summed E-state index contributed by atoms with van der Waals surface area (Å²) in [6.45, 7) is 9.93. The number of halogens is 3. The van der Waals surface area contributed by atoms with Crippen molar-refractivity contribution in [3.8, 4) is 5.69 Å². The number of methoxy groups -OCH3 is 1. The first-order chi connectivity index (χ1) is 18.2. The topological polar surface area (TPSA) is 88.5 Å². The quantitative estimate of drug-likeness (QED) is 0.368. The van der Waals surface area contributed by atoms with Crippen LogP contribution < -0.4 is 10.6 Å². The molecule has 0 spiro atoms. The van der Waals surface area contributed by atoms with E-state index in [1.54, 1.807) is 10.7 Å². The predicted molar refractivity (Wildman–Crippen MR) is 144 cm³/mol. The largest absolute Gasteiger partial charge is 0.416 e. The van der Waals surface area contributed by atoms with Crippen molar-refractivity contribution in [1.29, 1.82) is 0 Å². The van der Waals surface area contributed by atoms with E-state index < -0.39 is 23.7 Å². The molecule has 0 bridgehead atoms. The average molecular weight is 546 g/mol. The number of amides is 3. The van der Waals surface area contributed by atoms with Crippen LogP contribution in [0.3, 0.4) is 0 Å². The van der Waals surface area contributed by atoms with Gasteiger partial charge in [0.1, 0.15) is 12.4 Å². The monoisotopic (exact) mass is 545 g/mol. The van der Waals surface area contributed by atoms with Crippen LogP contribution in [0.2, 0.25) is 0 Å². The van der Waals surface area contributed by atoms with E-state index in [0.717, 1.165) is 46.8 Å². The maximum absolute atomic E-state index is 13.1. The zero-order valence-corrected chi connectivity index (χ0v) is 22.9. The molecule has 0 aliphatic rings. The number of anilines is 2. The number of alkyl halides is 3. The molecule has 0 saturated carbocycles. The van der Waals surface area contributed by atoms with Crippen molar-refractivity contribution in [3.05, 3.63) is 70.9 Å². The van der Waals surface area contributed by atoms with Gasteiger partial charge in [-0.1, -0.05) is 38.5 Å². The van der Waals surface area contributed by atoms with E-state index in [2.05, 4.69) is 10.6 Å². The summed E-state index contributed by atoms with van der Waals surface area (Å²) in [6, 6.07) is 11.1.